The molecule has 0 saturated carbocycles. The van der Waals surface area contributed by atoms with Gasteiger partial charge in [0, 0.05) is 25.9 Å². The smallest absolute Gasteiger partial charge is 0.271 e. The quantitative estimate of drug-likeness (QED) is 0.911. The van der Waals surface area contributed by atoms with Gasteiger partial charge in [-0.2, -0.15) is 5.10 Å². The Hall–Kier alpha value is -1.79. The number of rotatable bonds is 2. The number of alkyl halides is 2. The molecule has 5 nitrogen and oxygen atoms in total. The van der Waals surface area contributed by atoms with Crippen LogP contribution in [0.5, 0.6) is 0 Å². The largest absolute Gasteiger partial charge is 0.369 e. The summed E-state index contributed by atoms with van der Waals surface area (Å²) < 4.78 is 26.7. The molecule has 1 aliphatic rings. The highest BCUT2D eigenvalue weighted by molar-refractivity contribution is 5.96. The fraction of sp³-hybridized carbons (Fsp3) is 0.643. The van der Waals surface area contributed by atoms with E-state index in [2.05, 4.69) is 10.2 Å². The second-order valence-corrected chi connectivity index (χ2v) is 4.78. The van der Waals surface area contributed by atoms with Gasteiger partial charge in [0.2, 0.25) is 5.92 Å². The zero-order valence-electron chi connectivity index (χ0n) is 12.7. The number of aryl methyl sites for hydroxylation is 1. The second kappa shape index (κ2) is 7.28. The van der Waals surface area contributed by atoms with Gasteiger partial charge in [0.1, 0.15) is 0 Å². The predicted molar refractivity (Wildman–Crippen MR) is 77.6 cm³/mol. The van der Waals surface area contributed by atoms with Gasteiger partial charge in [-0.05, 0) is 19.4 Å². The van der Waals surface area contributed by atoms with Gasteiger partial charge in [-0.15, -0.1) is 5.10 Å². The molecule has 0 aliphatic carbocycles. The standard InChI is InChI=1S/C12H16F2N4O.C2H6/c1-8-7-9(10(11(15)19)17-16-8)18-5-2-3-12(13,14)4-6-18;1-2/h7H,2-6H2,1H3,(H2,15,19);1-2H3. The van der Waals surface area contributed by atoms with Gasteiger partial charge in [0.25, 0.3) is 5.91 Å². The average molecular weight is 300 g/mol. The molecule has 0 unspecified atom stereocenters. The van der Waals surface area contributed by atoms with Crippen molar-refractivity contribution in [2.45, 2.75) is 46.0 Å². The first-order valence-electron chi connectivity index (χ1n) is 7.16. The Morgan fingerprint density at radius 1 is 1.29 bits per heavy atom. The number of aromatic nitrogens is 2. The summed E-state index contributed by atoms with van der Waals surface area (Å²) in [6.07, 6.45) is 0.00600. The second-order valence-electron chi connectivity index (χ2n) is 4.78. The Kier molecular flexibility index (Phi) is 5.99. The summed E-state index contributed by atoms with van der Waals surface area (Å²) in [6, 6.07) is 1.66. The molecule has 0 spiro atoms. The van der Waals surface area contributed by atoms with E-state index in [9.17, 15) is 13.6 Å². The van der Waals surface area contributed by atoms with Crippen LogP contribution < -0.4 is 10.6 Å². The molecule has 0 aromatic carbocycles. The topological polar surface area (TPSA) is 72.1 Å². The lowest BCUT2D eigenvalue weighted by molar-refractivity contribution is -0.0102. The highest BCUT2D eigenvalue weighted by atomic mass is 19.3. The Bertz CT molecular complexity index is 494. The summed E-state index contributed by atoms with van der Waals surface area (Å²) in [7, 11) is 0. The number of carbonyl (C=O) groups is 1. The number of carbonyl (C=O) groups excluding carboxylic acids is 1. The number of primary amides is 1. The van der Waals surface area contributed by atoms with Crippen molar-refractivity contribution in [1.82, 2.24) is 10.2 Å². The van der Waals surface area contributed by atoms with Crippen LogP contribution in [0.15, 0.2) is 6.07 Å². The molecule has 0 atom stereocenters. The van der Waals surface area contributed by atoms with E-state index in [0.29, 0.717) is 24.3 Å². The lowest BCUT2D eigenvalue weighted by Gasteiger charge is -2.24. The van der Waals surface area contributed by atoms with Crippen molar-refractivity contribution in [1.29, 1.82) is 0 Å². The van der Waals surface area contributed by atoms with E-state index in [1.165, 1.54) is 0 Å². The zero-order valence-corrected chi connectivity index (χ0v) is 12.7. The third-order valence-electron chi connectivity index (χ3n) is 3.19. The molecule has 1 aliphatic heterocycles. The van der Waals surface area contributed by atoms with E-state index in [-0.39, 0.29) is 25.1 Å². The number of nitrogens with two attached hydrogens (primary N) is 1. The molecule has 2 heterocycles. The van der Waals surface area contributed by atoms with Crippen LogP contribution >= 0.6 is 0 Å². The minimum absolute atomic E-state index is 0.0378. The van der Waals surface area contributed by atoms with Gasteiger partial charge in [-0.3, -0.25) is 4.79 Å². The molecular formula is C14H22F2N4O. The third kappa shape index (κ3) is 4.61. The van der Waals surface area contributed by atoms with E-state index in [1.54, 1.807) is 17.9 Å². The Morgan fingerprint density at radius 2 is 1.95 bits per heavy atom. The summed E-state index contributed by atoms with van der Waals surface area (Å²) in [6.45, 7) is 6.37. The summed E-state index contributed by atoms with van der Waals surface area (Å²) >= 11 is 0. The SMILES string of the molecule is CC.Cc1cc(N2CCCC(F)(F)CC2)c(C(N)=O)nn1. The molecule has 1 amide bonds. The van der Waals surface area contributed by atoms with Crippen LogP contribution in [0.25, 0.3) is 0 Å². The molecule has 2 rings (SSSR count). The molecule has 1 saturated heterocycles. The highest BCUT2D eigenvalue weighted by Crippen LogP contribution is 2.30. The van der Waals surface area contributed by atoms with Crippen LogP contribution in [0.1, 0.15) is 49.3 Å². The monoisotopic (exact) mass is 300 g/mol. The van der Waals surface area contributed by atoms with Crippen molar-refractivity contribution in [3.63, 3.8) is 0 Å². The Balaban J connectivity index is 0.00000106. The number of hydrogen-bond donors (Lipinski definition) is 1. The van der Waals surface area contributed by atoms with Crippen LogP contribution in [0.3, 0.4) is 0 Å². The van der Waals surface area contributed by atoms with Gasteiger partial charge in [-0.1, -0.05) is 13.8 Å². The Morgan fingerprint density at radius 3 is 2.57 bits per heavy atom. The van der Waals surface area contributed by atoms with Gasteiger partial charge in [-0.25, -0.2) is 8.78 Å². The van der Waals surface area contributed by atoms with E-state index in [1.807, 2.05) is 13.8 Å². The van der Waals surface area contributed by atoms with Crippen LogP contribution in [0.4, 0.5) is 14.5 Å². The van der Waals surface area contributed by atoms with Gasteiger partial charge in [0.15, 0.2) is 5.69 Å². The number of amides is 1. The van der Waals surface area contributed by atoms with Gasteiger partial charge in [0.05, 0.1) is 11.4 Å². The molecule has 2 N–H and O–H groups in total. The summed E-state index contributed by atoms with van der Waals surface area (Å²) in [5.41, 5.74) is 6.40. The van der Waals surface area contributed by atoms with Gasteiger partial charge < -0.3 is 10.6 Å². The van der Waals surface area contributed by atoms with Crippen molar-refractivity contribution in [2.75, 3.05) is 18.0 Å². The predicted octanol–water partition coefficient (Wildman–Crippen LogP) is 2.54. The molecule has 1 aromatic heterocycles. The molecule has 1 fully saturated rings. The molecule has 7 heteroatoms. The van der Waals surface area contributed by atoms with E-state index >= 15 is 0 Å². The van der Waals surface area contributed by atoms with Crippen molar-refractivity contribution in [3.05, 3.63) is 17.5 Å². The Labute approximate surface area is 123 Å². The first kappa shape index (κ1) is 17.3. The minimum atomic E-state index is -2.64. The summed E-state index contributed by atoms with van der Waals surface area (Å²) in [5, 5.41) is 7.55. The molecule has 0 bridgehead atoms. The molecule has 0 radical (unpaired) electrons. The lowest BCUT2D eigenvalue weighted by atomic mass is 10.1. The number of nitrogens with zero attached hydrogens (tertiary/aromatic N) is 3. The van der Waals surface area contributed by atoms with Crippen molar-refractivity contribution in [3.8, 4) is 0 Å². The van der Waals surface area contributed by atoms with E-state index in [4.69, 9.17) is 5.73 Å². The maximum absolute atomic E-state index is 13.3. The fourth-order valence-corrected chi connectivity index (χ4v) is 2.20. The highest BCUT2D eigenvalue weighted by Gasteiger charge is 2.32. The maximum Gasteiger partial charge on any atom is 0.271 e. The number of hydrogen-bond acceptors (Lipinski definition) is 4. The maximum atomic E-state index is 13.3. The van der Waals surface area contributed by atoms with Gasteiger partial charge >= 0.3 is 0 Å². The van der Waals surface area contributed by atoms with E-state index < -0.39 is 11.8 Å². The fourth-order valence-electron chi connectivity index (χ4n) is 2.20. The van der Waals surface area contributed by atoms with E-state index in [0.717, 1.165) is 0 Å². The van der Waals surface area contributed by atoms with Crippen LogP contribution in [-0.2, 0) is 0 Å². The lowest BCUT2D eigenvalue weighted by Crippen LogP contribution is -2.29. The first-order valence-corrected chi connectivity index (χ1v) is 7.16. The van der Waals surface area contributed by atoms with Crippen LogP contribution in [-0.4, -0.2) is 35.1 Å². The normalized spacial score (nSPS) is 17.5. The minimum Gasteiger partial charge on any atom is -0.369 e. The number of anilines is 1. The van der Waals surface area contributed by atoms with Crippen molar-refractivity contribution >= 4 is 11.6 Å². The number of halogens is 2. The van der Waals surface area contributed by atoms with Crippen molar-refractivity contribution in [2.24, 2.45) is 5.73 Å². The summed E-state index contributed by atoms with van der Waals surface area (Å²) in [4.78, 5) is 13.1. The molecular weight excluding hydrogens is 278 g/mol. The molecule has 21 heavy (non-hydrogen) atoms. The third-order valence-corrected chi connectivity index (χ3v) is 3.19. The molecule has 118 valence electrons. The summed E-state index contributed by atoms with van der Waals surface area (Å²) in [5.74, 6) is -3.34. The average Bonchev–Trinajstić information content (AvgIpc) is 2.61. The van der Waals surface area contributed by atoms with Crippen molar-refractivity contribution < 1.29 is 13.6 Å². The van der Waals surface area contributed by atoms with Crippen LogP contribution in [0.2, 0.25) is 0 Å². The van der Waals surface area contributed by atoms with Crippen LogP contribution in [0, 0.1) is 6.92 Å². The zero-order chi connectivity index (χ0) is 16.0. The molecule has 1 aromatic rings. The first-order chi connectivity index (χ1) is 9.89.